The van der Waals surface area contributed by atoms with Crippen LogP contribution in [-0.4, -0.2) is 19.5 Å². The topological polar surface area (TPSA) is 35.5 Å². The van der Waals surface area contributed by atoms with Crippen LogP contribution in [0.5, 0.6) is 11.5 Å². The van der Waals surface area contributed by atoms with Crippen LogP contribution < -0.4 is 9.47 Å². The summed E-state index contributed by atoms with van der Waals surface area (Å²) in [6.45, 7) is 5.86. The smallest absolute Gasteiger partial charge is 0.161 e. The number of benzene rings is 1. The van der Waals surface area contributed by atoms with Gasteiger partial charge in [0.2, 0.25) is 0 Å². The average molecular weight is 635 g/mol. The molecule has 0 aromatic heterocycles. The van der Waals surface area contributed by atoms with E-state index < -0.39 is 0 Å². The van der Waals surface area contributed by atoms with Crippen LogP contribution in [-0.2, 0) is 0 Å². The van der Waals surface area contributed by atoms with E-state index >= 15 is 0 Å². The number of allylic oxidation sites excluding steroid dienone is 8. The van der Waals surface area contributed by atoms with E-state index in [1.807, 2.05) is 18.2 Å². The highest BCUT2D eigenvalue weighted by Crippen LogP contribution is 2.29. The third-order valence-electron chi connectivity index (χ3n) is 8.31. The van der Waals surface area contributed by atoms with Crippen molar-refractivity contribution < 1.29 is 14.3 Å². The van der Waals surface area contributed by atoms with Crippen LogP contribution in [0.4, 0.5) is 0 Å². The quantitative estimate of drug-likeness (QED) is 0.0438. The highest BCUT2D eigenvalue weighted by molar-refractivity contribution is 5.76. The van der Waals surface area contributed by atoms with Crippen LogP contribution >= 0.6 is 0 Å². The minimum Gasteiger partial charge on any atom is -0.490 e. The third kappa shape index (κ3) is 26.6. The second-order valence-corrected chi connectivity index (χ2v) is 12.7. The lowest BCUT2D eigenvalue weighted by molar-refractivity contribution is 0.112. The van der Waals surface area contributed by atoms with Gasteiger partial charge in [0.25, 0.3) is 0 Å². The molecule has 0 saturated heterocycles. The minimum absolute atomic E-state index is 0.633. The second-order valence-electron chi connectivity index (χ2n) is 12.7. The van der Waals surface area contributed by atoms with Gasteiger partial charge in [-0.1, -0.05) is 140 Å². The van der Waals surface area contributed by atoms with Gasteiger partial charge in [-0.3, -0.25) is 4.79 Å². The molecule has 1 rings (SSSR count). The number of carbonyl (C=O) groups is 1. The van der Waals surface area contributed by atoms with E-state index in [-0.39, 0.29) is 0 Å². The van der Waals surface area contributed by atoms with E-state index in [4.69, 9.17) is 9.47 Å². The molecular weight excluding hydrogens is 564 g/mol. The molecule has 0 fully saturated rings. The van der Waals surface area contributed by atoms with E-state index in [2.05, 4.69) is 62.5 Å². The normalized spacial score (nSPS) is 12.0. The van der Waals surface area contributed by atoms with Crippen molar-refractivity contribution in [3.63, 3.8) is 0 Å². The number of ether oxygens (including phenoxy) is 2. The van der Waals surface area contributed by atoms with Gasteiger partial charge >= 0.3 is 0 Å². The Morgan fingerprint density at radius 2 is 0.848 bits per heavy atom. The Balaban J connectivity index is 2.06. The molecule has 0 atom stereocenters. The molecule has 1 aromatic carbocycles. The van der Waals surface area contributed by atoms with Crippen LogP contribution in [0, 0.1) is 0 Å². The van der Waals surface area contributed by atoms with Gasteiger partial charge in [0, 0.05) is 5.56 Å². The van der Waals surface area contributed by atoms with Crippen molar-refractivity contribution in [3.05, 3.63) is 72.4 Å². The Morgan fingerprint density at radius 3 is 1.28 bits per heavy atom. The summed E-state index contributed by atoms with van der Waals surface area (Å²) in [6.07, 6.45) is 49.1. The molecule has 3 nitrogen and oxygen atoms in total. The summed E-state index contributed by atoms with van der Waals surface area (Å²) in [7, 11) is 0. The molecule has 0 spiro atoms. The Bertz CT molecular complexity index is 926. The van der Waals surface area contributed by atoms with Gasteiger partial charge in [-0.15, -0.1) is 0 Å². The molecule has 1 aromatic rings. The van der Waals surface area contributed by atoms with Gasteiger partial charge in [-0.05, 0) is 95.2 Å². The number of hydrogen-bond donors (Lipinski definition) is 0. The molecule has 0 aliphatic rings. The van der Waals surface area contributed by atoms with Crippen molar-refractivity contribution in [2.45, 2.75) is 168 Å². The number of hydrogen-bond acceptors (Lipinski definition) is 3. The summed E-state index contributed by atoms with van der Waals surface area (Å²) in [4.78, 5) is 11.3. The maximum atomic E-state index is 11.3. The lowest BCUT2D eigenvalue weighted by Crippen LogP contribution is -2.03. The predicted octanol–water partition coefficient (Wildman–Crippen LogP) is 13.9. The van der Waals surface area contributed by atoms with E-state index in [0.717, 1.165) is 37.7 Å². The highest BCUT2D eigenvalue weighted by Gasteiger charge is 2.07. The van der Waals surface area contributed by atoms with Crippen molar-refractivity contribution in [2.24, 2.45) is 0 Å². The van der Waals surface area contributed by atoms with Gasteiger partial charge in [0.1, 0.15) is 6.29 Å². The van der Waals surface area contributed by atoms with Crippen molar-refractivity contribution >= 4 is 6.29 Å². The minimum atomic E-state index is 0.633. The largest absolute Gasteiger partial charge is 0.490 e. The lowest BCUT2D eigenvalue weighted by atomic mass is 10.1. The molecule has 0 saturated carbocycles. The first-order chi connectivity index (χ1) is 22.8. The molecule has 0 bridgehead atoms. The maximum absolute atomic E-state index is 11.3. The van der Waals surface area contributed by atoms with Crippen molar-refractivity contribution in [1.29, 1.82) is 0 Å². The maximum Gasteiger partial charge on any atom is 0.161 e. The molecule has 3 heteroatoms. The fraction of sp³-hybridized carbons (Fsp3) is 0.651. The van der Waals surface area contributed by atoms with Gasteiger partial charge in [0.15, 0.2) is 11.5 Å². The first kappa shape index (κ1) is 41.5. The Labute approximate surface area is 285 Å². The van der Waals surface area contributed by atoms with Crippen molar-refractivity contribution in [1.82, 2.24) is 0 Å². The first-order valence-corrected chi connectivity index (χ1v) is 19.3. The fourth-order valence-electron chi connectivity index (χ4n) is 5.37. The molecule has 260 valence electrons. The van der Waals surface area contributed by atoms with Crippen LogP contribution in [0.15, 0.2) is 66.8 Å². The summed E-state index contributed by atoms with van der Waals surface area (Å²) in [6, 6.07) is 5.51. The Hall–Kier alpha value is -2.55. The zero-order valence-electron chi connectivity index (χ0n) is 30.0. The molecule has 0 aliphatic carbocycles. The molecule has 46 heavy (non-hydrogen) atoms. The van der Waals surface area contributed by atoms with Crippen LogP contribution in [0.2, 0.25) is 0 Å². The van der Waals surface area contributed by atoms with Crippen molar-refractivity contribution in [3.8, 4) is 11.5 Å². The zero-order chi connectivity index (χ0) is 33.0. The lowest BCUT2D eigenvalue weighted by Gasteiger charge is -2.13. The van der Waals surface area contributed by atoms with E-state index in [9.17, 15) is 4.79 Å². The van der Waals surface area contributed by atoms with E-state index in [1.165, 1.54) is 128 Å². The molecule has 0 heterocycles. The molecular formula is C43H70O3. The van der Waals surface area contributed by atoms with Gasteiger partial charge in [0.05, 0.1) is 13.2 Å². The summed E-state index contributed by atoms with van der Waals surface area (Å²) in [5.41, 5.74) is 0.633. The average Bonchev–Trinajstić information content (AvgIpc) is 3.07. The van der Waals surface area contributed by atoms with Crippen LogP contribution in [0.3, 0.4) is 0 Å². The number of unbranched alkanes of at least 4 members (excludes halogenated alkanes) is 18. The summed E-state index contributed by atoms with van der Waals surface area (Å²) in [5.74, 6) is 1.46. The standard InChI is InChI=1S/C43H70O3/c1-3-5-7-9-11-13-15-17-19-21-23-25-27-29-31-33-37-45-42-36-35-41(40-44)39-43(42)46-38-34-32-30-28-26-24-22-20-18-16-14-12-10-8-6-4-2/h11-14,17-20,35-36,39-40H,3-10,15-16,21-34,37-38H2,1-2H3/b13-11-,14-12-,19-17-,20-18-. The number of rotatable bonds is 33. The molecule has 0 aliphatic heterocycles. The van der Waals surface area contributed by atoms with E-state index in [0.29, 0.717) is 24.5 Å². The summed E-state index contributed by atoms with van der Waals surface area (Å²) >= 11 is 0. The summed E-state index contributed by atoms with van der Waals surface area (Å²) < 4.78 is 12.1. The zero-order valence-corrected chi connectivity index (χ0v) is 30.0. The summed E-state index contributed by atoms with van der Waals surface area (Å²) in [5, 5.41) is 0. The number of aldehydes is 1. The van der Waals surface area contributed by atoms with Gasteiger partial charge in [-0.2, -0.15) is 0 Å². The van der Waals surface area contributed by atoms with Gasteiger partial charge in [-0.25, -0.2) is 0 Å². The first-order valence-electron chi connectivity index (χ1n) is 19.3. The third-order valence-corrected chi connectivity index (χ3v) is 8.31. The monoisotopic (exact) mass is 635 g/mol. The second kappa shape index (κ2) is 33.8. The van der Waals surface area contributed by atoms with Crippen LogP contribution in [0.25, 0.3) is 0 Å². The molecule has 0 amide bonds. The predicted molar refractivity (Wildman–Crippen MR) is 202 cm³/mol. The van der Waals surface area contributed by atoms with E-state index in [1.54, 1.807) is 0 Å². The Kier molecular flexibility index (Phi) is 30.5. The highest BCUT2D eigenvalue weighted by atomic mass is 16.5. The Morgan fingerprint density at radius 1 is 0.457 bits per heavy atom. The molecule has 0 N–H and O–H groups in total. The van der Waals surface area contributed by atoms with Crippen LogP contribution in [0.1, 0.15) is 178 Å². The number of carbonyl (C=O) groups excluding carboxylic acids is 1. The SMILES string of the molecule is CCCCC/C=C\C/C=C\CCCCCCCCOc1ccc(C=O)cc1OCCCCCCCC/C=C\C/C=C\CCCCC. The molecule has 0 radical (unpaired) electrons. The molecule has 0 unspecified atom stereocenters. The fourth-order valence-corrected chi connectivity index (χ4v) is 5.37. The van der Waals surface area contributed by atoms with Crippen molar-refractivity contribution in [2.75, 3.05) is 13.2 Å². The van der Waals surface area contributed by atoms with Gasteiger partial charge < -0.3 is 9.47 Å².